The number of benzene rings is 1. The normalized spacial score (nSPS) is 39.8. The minimum absolute atomic E-state index is 0.0248. The number of unbranched alkanes of at least 4 members (excludes halogenated alkanes) is 3. The maximum Gasteiger partial charge on any atom is 0.311 e. The Morgan fingerprint density at radius 2 is 1.56 bits per heavy atom. The maximum atomic E-state index is 14.6. The van der Waals surface area contributed by atoms with Crippen LogP contribution in [-0.4, -0.2) is 162 Å². The third kappa shape index (κ3) is 15.5. The van der Waals surface area contributed by atoms with Gasteiger partial charge in [-0.1, -0.05) is 77.2 Å². The smallest absolute Gasteiger partial charge is 0.311 e. The highest BCUT2D eigenvalue weighted by molar-refractivity contribution is 5.88. The molecule has 1 aromatic carbocycles. The summed E-state index contributed by atoms with van der Waals surface area (Å²) in [5.74, 6) is -3.80. The fourth-order valence-corrected chi connectivity index (χ4v) is 10.6. The molecule has 70 heavy (non-hydrogen) atoms. The average Bonchev–Trinajstić information content (AvgIpc) is 3.30. The number of nitrogens with zero attached hydrogens (tertiary/aromatic N) is 2. The number of oxime groups is 1. The number of esters is 2. The van der Waals surface area contributed by atoms with Crippen molar-refractivity contribution in [1.82, 2.24) is 4.90 Å². The van der Waals surface area contributed by atoms with Crippen molar-refractivity contribution in [2.45, 2.75) is 225 Å². The average molecular weight is 995 g/mol. The molecular formula is C53H90N2O15. The van der Waals surface area contributed by atoms with Gasteiger partial charge in [0, 0.05) is 50.2 Å². The van der Waals surface area contributed by atoms with Crippen molar-refractivity contribution in [3.05, 3.63) is 30.3 Å². The molecule has 3 saturated heterocycles. The molecule has 2 unspecified atom stereocenters. The summed E-state index contributed by atoms with van der Waals surface area (Å²) in [7, 11) is 5.28. The first-order valence-corrected chi connectivity index (χ1v) is 25.8. The van der Waals surface area contributed by atoms with Crippen LogP contribution in [0.1, 0.15) is 140 Å². The second-order valence-corrected chi connectivity index (χ2v) is 21.2. The van der Waals surface area contributed by atoms with E-state index in [-0.39, 0.29) is 50.4 Å². The zero-order valence-corrected chi connectivity index (χ0v) is 44.7. The molecule has 0 amide bonds. The third-order valence-corrected chi connectivity index (χ3v) is 14.9. The van der Waals surface area contributed by atoms with Crippen LogP contribution >= 0.6 is 0 Å². The van der Waals surface area contributed by atoms with Crippen LogP contribution in [0.2, 0.25) is 0 Å². The molecule has 17 nitrogen and oxygen atoms in total. The Labute approximate surface area is 418 Å². The molecule has 17 heteroatoms. The van der Waals surface area contributed by atoms with Crippen LogP contribution in [0.3, 0.4) is 0 Å². The molecule has 3 heterocycles. The number of aliphatic hydroxyl groups excluding tert-OH is 2. The van der Waals surface area contributed by atoms with E-state index in [1.54, 1.807) is 41.5 Å². The summed E-state index contributed by atoms with van der Waals surface area (Å²) in [4.78, 5) is 35.6. The van der Waals surface area contributed by atoms with E-state index in [0.29, 0.717) is 31.6 Å². The maximum absolute atomic E-state index is 14.6. The number of cyclic esters (lactones) is 1. The molecule has 0 aromatic heterocycles. The monoisotopic (exact) mass is 995 g/mol. The summed E-state index contributed by atoms with van der Waals surface area (Å²) in [5.41, 5.74) is -4.49. The number of hydrogen-bond donors (Lipinski definition) is 4. The summed E-state index contributed by atoms with van der Waals surface area (Å²) in [6.07, 6.45) is -5.01. The summed E-state index contributed by atoms with van der Waals surface area (Å²) >= 11 is 0. The molecule has 4 rings (SSSR count). The largest absolute Gasteiger partial charge is 0.493 e. The first-order chi connectivity index (χ1) is 32.9. The van der Waals surface area contributed by atoms with Gasteiger partial charge >= 0.3 is 11.9 Å². The number of carbonyl (C=O) groups excluding carboxylic acids is 2. The molecule has 0 aliphatic carbocycles. The Morgan fingerprint density at radius 3 is 2.19 bits per heavy atom. The van der Waals surface area contributed by atoms with Gasteiger partial charge < -0.3 is 68.1 Å². The molecule has 0 radical (unpaired) electrons. The van der Waals surface area contributed by atoms with Crippen molar-refractivity contribution in [2.24, 2.45) is 28.8 Å². The number of rotatable bonds is 19. The van der Waals surface area contributed by atoms with E-state index in [4.69, 9.17) is 42.7 Å². The molecule has 4 N–H and O–H groups in total. The van der Waals surface area contributed by atoms with Gasteiger partial charge in [-0.25, -0.2) is 0 Å². The van der Waals surface area contributed by atoms with Gasteiger partial charge in [-0.05, 0) is 93.5 Å². The lowest BCUT2D eigenvalue weighted by Crippen LogP contribution is -2.61. The van der Waals surface area contributed by atoms with Gasteiger partial charge in [0.25, 0.3) is 0 Å². The van der Waals surface area contributed by atoms with Crippen LogP contribution < -0.4 is 4.74 Å². The lowest BCUT2D eigenvalue weighted by molar-refractivity contribution is -0.318. The van der Waals surface area contributed by atoms with Crippen molar-refractivity contribution in [3.8, 4) is 5.75 Å². The van der Waals surface area contributed by atoms with Crippen molar-refractivity contribution >= 4 is 17.7 Å². The highest BCUT2D eigenvalue weighted by Gasteiger charge is 2.54. The molecule has 1 aromatic rings. The van der Waals surface area contributed by atoms with Gasteiger partial charge in [-0.2, -0.15) is 0 Å². The van der Waals surface area contributed by atoms with Crippen molar-refractivity contribution in [2.75, 3.05) is 34.4 Å². The molecule has 0 saturated carbocycles. The molecule has 3 fully saturated rings. The zero-order chi connectivity index (χ0) is 52.1. The van der Waals surface area contributed by atoms with E-state index >= 15 is 0 Å². The summed E-state index contributed by atoms with van der Waals surface area (Å²) in [5, 5.41) is 53.7. The van der Waals surface area contributed by atoms with Crippen LogP contribution in [0.5, 0.6) is 5.75 Å². The van der Waals surface area contributed by atoms with Gasteiger partial charge in [0.05, 0.1) is 54.4 Å². The second kappa shape index (κ2) is 26.8. The van der Waals surface area contributed by atoms with E-state index in [1.807, 2.05) is 70.1 Å². The van der Waals surface area contributed by atoms with E-state index in [9.17, 15) is 30.0 Å². The Hall–Kier alpha value is -2.97. The van der Waals surface area contributed by atoms with E-state index in [1.165, 1.54) is 14.0 Å². The first kappa shape index (κ1) is 59.6. The van der Waals surface area contributed by atoms with E-state index in [0.717, 1.165) is 25.0 Å². The van der Waals surface area contributed by atoms with Crippen molar-refractivity contribution in [3.63, 3.8) is 0 Å². The van der Waals surface area contributed by atoms with Crippen LogP contribution in [0.25, 0.3) is 0 Å². The van der Waals surface area contributed by atoms with Crippen molar-refractivity contribution in [1.29, 1.82) is 0 Å². The highest BCUT2D eigenvalue weighted by Crippen LogP contribution is 2.42. The number of methoxy groups -OCH3 is 1. The van der Waals surface area contributed by atoms with Crippen LogP contribution in [0.4, 0.5) is 0 Å². The summed E-state index contributed by atoms with van der Waals surface area (Å²) < 4.78 is 50.7. The van der Waals surface area contributed by atoms with Crippen LogP contribution in [-0.2, 0) is 47.6 Å². The Bertz CT molecular complexity index is 1770. The molecule has 402 valence electrons. The number of para-hydroxylation sites is 1. The van der Waals surface area contributed by atoms with E-state index < -0.39 is 102 Å². The lowest BCUT2D eigenvalue weighted by Gasteiger charge is -2.49. The highest BCUT2D eigenvalue weighted by atomic mass is 16.7. The first-order valence-electron chi connectivity index (χ1n) is 25.8. The Balaban J connectivity index is 1.77. The van der Waals surface area contributed by atoms with Gasteiger partial charge in [0.15, 0.2) is 18.7 Å². The van der Waals surface area contributed by atoms with Crippen LogP contribution in [0.15, 0.2) is 35.5 Å². The minimum atomic E-state index is -1.98. The Morgan fingerprint density at radius 1 is 0.871 bits per heavy atom. The number of aliphatic hydroxyl groups is 4. The van der Waals surface area contributed by atoms with E-state index in [2.05, 4.69) is 12.1 Å². The molecule has 3 aliphatic rings. The zero-order valence-electron chi connectivity index (χ0n) is 44.7. The van der Waals surface area contributed by atoms with Gasteiger partial charge in [-0.3, -0.25) is 9.59 Å². The van der Waals surface area contributed by atoms with Crippen molar-refractivity contribution < 1.29 is 72.7 Å². The third-order valence-electron chi connectivity index (χ3n) is 14.9. The summed E-state index contributed by atoms with van der Waals surface area (Å²) in [6, 6.07) is 9.06. The molecule has 0 bridgehead atoms. The topological polar surface area (TPSA) is 214 Å². The number of hydrogen-bond acceptors (Lipinski definition) is 17. The lowest BCUT2D eigenvalue weighted by atomic mass is 9.73. The number of carbonyl (C=O) groups is 2. The standard InChI is InChI=1S/C53H90N2O15/c1-15-17-18-22-26-41(56)68-48-37(8)66-42(31-52(48,10)62-14)69-45-35(6)47(70-50-44(57)39(55(12)13)29-33(4)65-50)51(9,60)30-32(3)43(54-64-28-23-27-63-38-24-20-19-21-25-38)34(5)46(58)53(11,61)40(16-2)67-49(59)36(45)7/h19-21,24-25,32-37,39-40,42,44-48,50,57-58,60-61H,15-18,22-23,26-31H2,1-14H3/b54-43+/t32-,33-,34+,35+,36-,37+,39+,40-,42?,44-,45+,46-,47-,48+,50+,51?,52-,53-/m1/s1. The molecular weight excluding hydrogens is 905 g/mol. The fraction of sp³-hybridized carbons (Fsp3) is 0.830. The quantitative estimate of drug-likeness (QED) is 0.0655. The van der Waals surface area contributed by atoms with Gasteiger partial charge in [0.1, 0.15) is 35.8 Å². The fourth-order valence-electron chi connectivity index (χ4n) is 10.6. The SMILES string of the molecule is CCCCCCC(=O)O[C@H]1[C@H](C)OC(O[C@H]2[C@H](C)[C@@H](O[C@@H]3O[C@H](C)C[C@H](N(C)C)[C@H]3O)C(C)(O)C[C@@H](C)/C(=N\OCCCOc3ccccc3)[C@H](C)[C@@H](O)[C@](C)(O)[C@@H](CC)OC(=O)[C@@H]2C)C[C@@]1(C)OC. The number of likely N-dealkylation sites (N-methyl/N-ethyl adjacent to an activating group) is 1. The predicted molar refractivity (Wildman–Crippen MR) is 264 cm³/mol. The molecule has 0 spiro atoms. The van der Waals surface area contributed by atoms with Gasteiger partial charge in [0.2, 0.25) is 0 Å². The minimum Gasteiger partial charge on any atom is -0.493 e. The second-order valence-electron chi connectivity index (χ2n) is 21.2. The van der Waals surface area contributed by atoms with Crippen LogP contribution in [0, 0.1) is 23.7 Å². The van der Waals surface area contributed by atoms with Gasteiger partial charge in [-0.15, -0.1) is 0 Å². The Kier molecular flexibility index (Phi) is 22.8. The molecule has 18 atom stereocenters. The molecule has 3 aliphatic heterocycles. The predicted octanol–water partition coefficient (Wildman–Crippen LogP) is 6.58. The number of ether oxygens (including phenoxy) is 8. The summed E-state index contributed by atoms with van der Waals surface area (Å²) in [6.45, 7) is 19.9.